The first-order valence-electron chi connectivity index (χ1n) is 12.4. The van der Waals surface area contributed by atoms with Crippen LogP contribution in [0.4, 0.5) is 0 Å². The highest BCUT2D eigenvalue weighted by atomic mass is 16.4. The molecule has 4 amide bonds. The molecule has 9 N–H and O–H groups in total. The van der Waals surface area contributed by atoms with Crippen molar-refractivity contribution in [1.29, 1.82) is 0 Å². The van der Waals surface area contributed by atoms with E-state index in [9.17, 15) is 33.9 Å². The van der Waals surface area contributed by atoms with Crippen LogP contribution in [0.3, 0.4) is 0 Å². The number of aromatic amines is 1. The van der Waals surface area contributed by atoms with Gasteiger partial charge in [-0.05, 0) is 30.9 Å². The summed E-state index contributed by atoms with van der Waals surface area (Å²) in [5.74, 6) is -5.57. The Morgan fingerprint density at radius 1 is 1.08 bits per heavy atom. The van der Waals surface area contributed by atoms with Gasteiger partial charge in [-0.2, -0.15) is 0 Å². The van der Waals surface area contributed by atoms with Crippen molar-refractivity contribution in [3.8, 4) is 0 Å². The molecule has 0 bridgehead atoms. The van der Waals surface area contributed by atoms with E-state index in [0.29, 0.717) is 18.4 Å². The highest BCUT2D eigenvalue weighted by Gasteiger charge is 2.38. The van der Waals surface area contributed by atoms with Crippen LogP contribution >= 0.6 is 0 Å². The molecule has 14 heteroatoms. The number of amides is 4. The quantitative estimate of drug-likeness (QED) is 0.160. The van der Waals surface area contributed by atoms with Crippen molar-refractivity contribution in [2.24, 2.45) is 11.5 Å². The Morgan fingerprint density at radius 2 is 1.79 bits per heavy atom. The third kappa shape index (κ3) is 7.54. The Kier molecular flexibility index (Phi) is 9.60. The second-order valence-corrected chi connectivity index (χ2v) is 9.42. The van der Waals surface area contributed by atoms with Crippen molar-refractivity contribution < 1.29 is 39.0 Å². The van der Waals surface area contributed by atoms with Gasteiger partial charge in [0.15, 0.2) is 0 Å². The number of carboxylic acid groups (broad SMARTS) is 2. The molecule has 14 nitrogen and oxygen atoms in total. The number of hydrogen-bond acceptors (Lipinski definition) is 7. The predicted octanol–water partition coefficient (Wildman–Crippen LogP) is -1.18. The van der Waals surface area contributed by atoms with Gasteiger partial charge in [0.25, 0.3) is 0 Å². The van der Waals surface area contributed by atoms with E-state index < -0.39 is 66.2 Å². The first-order valence-corrected chi connectivity index (χ1v) is 12.4. The molecule has 1 saturated heterocycles. The Hall–Kier alpha value is -4.46. The average Bonchev–Trinajstić information content (AvgIpc) is 3.53. The first-order chi connectivity index (χ1) is 18.5. The SMILES string of the molecule is NC(=O)CC(NC(=O)C(Cc1c[nH]c2ccccc12)NC(=O)C1CCCN1C(=O)C(N)CCC(=O)O)C(=O)O. The van der Waals surface area contributed by atoms with E-state index >= 15 is 0 Å². The molecule has 1 aromatic heterocycles. The standard InChI is InChI=1S/C25H32N6O8/c26-15(7-8-21(33)34)24(37)31-9-3-6-19(31)23(36)29-17(22(35)30-18(25(38)39)11-20(27)32)10-13-12-28-16-5-2-1-4-14(13)16/h1-2,4-5,12,15,17-19,28H,3,6-11,26H2,(H2,27,32)(H,29,36)(H,30,35)(H,33,34)(H,38,39). The molecule has 210 valence electrons. The largest absolute Gasteiger partial charge is 0.481 e. The van der Waals surface area contributed by atoms with E-state index in [1.165, 1.54) is 4.90 Å². The van der Waals surface area contributed by atoms with Crippen LogP contribution in [-0.2, 0) is 35.2 Å². The lowest BCUT2D eigenvalue weighted by molar-refractivity contribution is -0.144. The number of para-hydroxylation sites is 1. The van der Waals surface area contributed by atoms with E-state index in [1.54, 1.807) is 12.3 Å². The Bertz CT molecular complexity index is 1260. The normalized spacial score (nSPS) is 17.3. The maximum absolute atomic E-state index is 13.3. The van der Waals surface area contributed by atoms with E-state index in [2.05, 4.69) is 15.6 Å². The number of nitrogens with two attached hydrogens (primary N) is 2. The number of fused-ring (bicyclic) bond motifs is 1. The lowest BCUT2D eigenvalue weighted by Gasteiger charge is -2.28. The van der Waals surface area contributed by atoms with E-state index in [-0.39, 0.29) is 25.8 Å². The minimum absolute atomic E-state index is 0.0245. The molecule has 4 unspecified atom stereocenters. The molecule has 0 aliphatic carbocycles. The van der Waals surface area contributed by atoms with Crippen molar-refractivity contribution in [3.05, 3.63) is 36.0 Å². The van der Waals surface area contributed by atoms with Gasteiger partial charge in [0.1, 0.15) is 18.1 Å². The number of carbonyl (C=O) groups excluding carboxylic acids is 4. The highest BCUT2D eigenvalue weighted by molar-refractivity contribution is 5.96. The van der Waals surface area contributed by atoms with Crippen LogP contribution in [-0.4, -0.2) is 86.4 Å². The number of nitrogens with zero attached hydrogens (tertiary/aromatic N) is 1. The fourth-order valence-corrected chi connectivity index (χ4v) is 4.59. The van der Waals surface area contributed by atoms with Crippen LogP contribution in [0.25, 0.3) is 10.9 Å². The van der Waals surface area contributed by atoms with Crippen LogP contribution in [0.15, 0.2) is 30.5 Å². The molecule has 1 aliphatic heterocycles. The zero-order valence-electron chi connectivity index (χ0n) is 21.1. The number of H-pyrrole nitrogens is 1. The van der Waals surface area contributed by atoms with E-state index in [0.717, 1.165) is 10.9 Å². The van der Waals surface area contributed by atoms with Gasteiger partial charge in [0.05, 0.1) is 12.5 Å². The van der Waals surface area contributed by atoms with Crippen molar-refractivity contribution in [3.63, 3.8) is 0 Å². The molecule has 2 heterocycles. The second kappa shape index (κ2) is 12.9. The second-order valence-electron chi connectivity index (χ2n) is 9.42. The minimum atomic E-state index is -1.60. The number of carboxylic acids is 2. The number of likely N-dealkylation sites (tertiary alicyclic amines) is 1. The van der Waals surface area contributed by atoms with Gasteiger partial charge in [-0.3, -0.25) is 24.0 Å². The molecule has 39 heavy (non-hydrogen) atoms. The maximum Gasteiger partial charge on any atom is 0.326 e. The van der Waals surface area contributed by atoms with Crippen molar-refractivity contribution in [2.75, 3.05) is 6.54 Å². The third-order valence-corrected chi connectivity index (χ3v) is 6.58. The van der Waals surface area contributed by atoms with Crippen molar-refractivity contribution >= 4 is 46.5 Å². The summed E-state index contributed by atoms with van der Waals surface area (Å²) in [5.41, 5.74) is 12.5. The summed E-state index contributed by atoms with van der Waals surface area (Å²) in [6, 6.07) is 2.35. The summed E-state index contributed by atoms with van der Waals surface area (Å²) in [4.78, 5) is 77.5. The molecule has 4 atom stereocenters. The number of carbonyl (C=O) groups is 6. The summed E-state index contributed by atoms with van der Waals surface area (Å²) >= 11 is 0. The number of nitrogens with one attached hydrogen (secondary N) is 3. The summed E-state index contributed by atoms with van der Waals surface area (Å²) in [5, 5.41) is 24.0. The minimum Gasteiger partial charge on any atom is -0.481 e. The number of aromatic nitrogens is 1. The number of benzene rings is 1. The van der Waals surface area contributed by atoms with Crippen LogP contribution < -0.4 is 22.1 Å². The molecule has 0 radical (unpaired) electrons. The summed E-state index contributed by atoms with van der Waals surface area (Å²) in [6.45, 7) is 0.233. The summed E-state index contributed by atoms with van der Waals surface area (Å²) in [7, 11) is 0. The van der Waals surface area contributed by atoms with Crippen LogP contribution in [0.2, 0.25) is 0 Å². The van der Waals surface area contributed by atoms with Crippen LogP contribution in [0, 0.1) is 0 Å². The van der Waals surface area contributed by atoms with Gasteiger partial charge < -0.3 is 42.2 Å². The molecule has 1 aliphatic rings. The third-order valence-electron chi connectivity index (χ3n) is 6.58. The molecule has 1 aromatic carbocycles. The van der Waals surface area contributed by atoms with Gasteiger partial charge in [-0.25, -0.2) is 4.79 Å². The number of primary amides is 1. The molecule has 2 aromatic rings. The lowest BCUT2D eigenvalue weighted by atomic mass is 10.0. The van der Waals surface area contributed by atoms with Gasteiger partial charge in [-0.1, -0.05) is 18.2 Å². The summed E-state index contributed by atoms with van der Waals surface area (Å²) < 4.78 is 0. The van der Waals surface area contributed by atoms with Gasteiger partial charge in [-0.15, -0.1) is 0 Å². The summed E-state index contributed by atoms with van der Waals surface area (Å²) in [6.07, 6.45) is 1.39. The highest BCUT2D eigenvalue weighted by Crippen LogP contribution is 2.22. The fraction of sp³-hybridized carbons (Fsp3) is 0.440. The molecule has 0 saturated carbocycles. The van der Waals surface area contributed by atoms with Gasteiger partial charge in [0.2, 0.25) is 23.6 Å². The van der Waals surface area contributed by atoms with Crippen LogP contribution in [0.1, 0.15) is 37.7 Å². The van der Waals surface area contributed by atoms with Gasteiger partial charge in [0, 0.05) is 36.5 Å². The topological polar surface area (TPSA) is 238 Å². The smallest absolute Gasteiger partial charge is 0.326 e. The maximum atomic E-state index is 13.3. The average molecular weight is 545 g/mol. The van der Waals surface area contributed by atoms with E-state index in [4.69, 9.17) is 16.6 Å². The molecule has 1 fully saturated rings. The lowest BCUT2D eigenvalue weighted by Crippen LogP contribution is -2.57. The number of aliphatic carboxylic acids is 2. The van der Waals surface area contributed by atoms with E-state index in [1.807, 2.05) is 18.2 Å². The zero-order valence-corrected chi connectivity index (χ0v) is 21.1. The Balaban J connectivity index is 1.81. The first kappa shape index (κ1) is 29.1. The zero-order chi connectivity index (χ0) is 28.7. The van der Waals surface area contributed by atoms with Crippen LogP contribution in [0.5, 0.6) is 0 Å². The number of hydrogen-bond donors (Lipinski definition) is 7. The number of rotatable bonds is 13. The molecular weight excluding hydrogens is 512 g/mol. The van der Waals surface area contributed by atoms with Gasteiger partial charge >= 0.3 is 11.9 Å². The Labute approximate surface area is 223 Å². The fourth-order valence-electron chi connectivity index (χ4n) is 4.59. The van der Waals surface area contributed by atoms with Crippen molar-refractivity contribution in [2.45, 2.75) is 62.7 Å². The Morgan fingerprint density at radius 3 is 2.46 bits per heavy atom. The molecule has 0 spiro atoms. The molecule has 3 rings (SSSR count). The monoisotopic (exact) mass is 544 g/mol. The van der Waals surface area contributed by atoms with Crippen molar-refractivity contribution in [1.82, 2.24) is 20.5 Å². The predicted molar refractivity (Wildman–Crippen MR) is 137 cm³/mol. The molecular formula is C25H32N6O8.